The van der Waals surface area contributed by atoms with Gasteiger partial charge in [-0.15, -0.1) is 0 Å². The molecule has 1 unspecified atom stereocenters. The highest BCUT2D eigenvalue weighted by Gasteiger charge is 2.38. The Kier molecular flexibility index (Phi) is 6.28. The van der Waals surface area contributed by atoms with Gasteiger partial charge in [0.15, 0.2) is 9.75 Å². The summed E-state index contributed by atoms with van der Waals surface area (Å²) < 4.78 is 0. The molecule has 2 nitrogen and oxygen atoms in total. The Morgan fingerprint density at radius 1 is 0.486 bits per heavy atom. The van der Waals surface area contributed by atoms with E-state index in [9.17, 15) is 0 Å². The number of nitrogen functional groups attached to an aromatic ring is 1. The van der Waals surface area contributed by atoms with Crippen molar-refractivity contribution in [3.8, 4) is 43.1 Å². The van der Waals surface area contributed by atoms with Gasteiger partial charge in [0.05, 0.1) is 11.1 Å². The SMILES string of the molecule is Nc1ccc(-c2c(-c3ccccc3)c(-c3ccccc3)c(-c3ccccc3)[s+]2C2=CC=CC=CN2)cc1. The smallest absolute Gasteiger partial charge is 0.250 e. The van der Waals surface area contributed by atoms with Crippen molar-refractivity contribution in [3.63, 3.8) is 0 Å². The van der Waals surface area contributed by atoms with Crippen LogP contribution < -0.4 is 11.1 Å². The number of nitrogens with one attached hydrogen (secondary N) is 1. The number of allylic oxidation sites excluding steroid dienone is 4. The molecule has 1 aliphatic rings. The van der Waals surface area contributed by atoms with Gasteiger partial charge in [-0.2, -0.15) is 0 Å². The molecular weight excluding hydrogens is 468 g/mol. The van der Waals surface area contributed by atoms with Crippen molar-refractivity contribution < 1.29 is 0 Å². The topological polar surface area (TPSA) is 38.0 Å². The number of anilines is 1. The molecule has 0 bridgehead atoms. The summed E-state index contributed by atoms with van der Waals surface area (Å²) >= 11 is 0. The molecule has 1 aromatic heterocycles. The standard InChI is InChI=1S/C34H27N2S/c35-29-22-20-28(21-23-29)34-32(26-15-7-2-8-16-26)31(25-13-5-1-6-14-25)33(27-17-9-3-10-18-27)37(34)30-19-11-4-12-24-36-30/h1-24,36H,35H2/q+1. The fourth-order valence-corrected chi connectivity index (χ4v) is 7.47. The Hall–Kier alpha value is -4.60. The second-order valence-corrected chi connectivity index (χ2v) is 10.7. The number of hydrogen-bond donors (Lipinski definition) is 2. The monoisotopic (exact) mass is 495 g/mol. The van der Waals surface area contributed by atoms with E-state index in [0.29, 0.717) is 0 Å². The van der Waals surface area contributed by atoms with Gasteiger partial charge in [-0.25, -0.2) is 0 Å². The molecule has 178 valence electrons. The van der Waals surface area contributed by atoms with Crippen LogP contribution >= 0.6 is 10.5 Å². The maximum atomic E-state index is 6.14. The molecule has 3 heteroatoms. The molecule has 0 fully saturated rings. The second kappa shape index (κ2) is 10.2. The lowest BCUT2D eigenvalue weighted by atomic mass is 9.91. The Bertz CT molecular complexity index is 1610. The second-order valence-electron chi connectivity index (χ2n) is 8.85. The van der Waals surface area contributed by atoms with Gasteiger partial charge in [0, 0.05) is 39.6 Å². The van der Waals surface area contributed by atoms with Crippen LogP contribution in [0.5, 0.6) is 0 Å². The molecule has 2 heterocycles. The largest absolute Gasteiger partial charge is 0.399 e. The lowest BCUT2D eigenvalue weighted by Gasteiger charge is -2.07. The number of hydrogen-bond acceptors (Lipinski definition) is 2. The van der Waals surface area contributed by atoms with E-state index in [2.05, 4.69) is 127 Å². The van der Waals surface area contributed by atoms with Gasteiger partial charge >= 0.3 is 0 Å². The summed E-state index contributed by atoms with van der Waals surface area (Å²) in [5.74, 6) is 0. The van der Waals surface area contributed by atoms with E-state index in [1.54, 1.807) is 0 Å². The maximum absolute atomic E-state index is 6.14. The van der Waals surface area contributed by atoms with Crippen molar-refractivity contribution in [3.05, 3.63) is 146 Å². The summed E-state index contributed by atoms with van der Waals surface area (Å²) in [6.07, 6.45) is 10.4. The zero-order valence-electron chi connectivity index (χ0n) is 20.3. The van der Waals surface area contributed by atoms with Crippen LogP contribution in [-0.2, 0) is 0 Å². The highest BCUT2D eigenvalue weighted by molar-refractivity contribution is 7.49. The fourth-order valence-electron chi connectivity index (χ4n) is 4.83. The van der Waals surface area contributed by atoms with Crippen molar-refractivity contribution in [2.24, 2.45) is 0 Å². The van der Waals surface area contributed by atoms with Crippen LogP contribution in [0, 0.1) is 0 Å². The lowest BCUT2D eigenvalue weighted by Crippen LogP contribution is -1.99. The van der Waals surface area contributed by atoms with Crippen LogP contribution in [0.3, 0.4) is 0 Å². The van der Waals surface area contributed by atoms with E-state index in [0.717, 1.165) is 10.7 Å². The molecule has 4 aromatic carbocycles. The predicted octanol–water partition coefficient (Wildman–Crippen LogP) is 9.16. The van der Waals surface area contributed by atoms with Crippen molar-refractivity contribution in [1.82, 2.24) is 5.32 Å². The van der Waals surface area contributed by atoms with Gasteiger partial charge in [-0.3, -0.25) is 0 Å². The minimum atomic E-state index is -0.404. The van der Waals surface area contributed by atoms with Crippen molar-refractivity contribution in [2.45, 2.75) is 0 Å². The summed E-state index contributed by atoms with van der Waals surface area (Å²) in [7, 11) is -0.404. The summed E-state index contributed by atoms with van der Waals surface area (Å²) in [6.45, 7) is 0. The average molecular weight is 496 g/mol. The number of thiophene rings is 1. The first kappa shape index (κ1) is 22.8. The van der Waals surface area contributed by atoms with Crippen LogP contribution in [-0.4, -0.2) is 0 Å². The zero-order valence-corrected chi connectivity index (χ0v) is 21.2. The summed E-state index contributed by atoms with van der Waals surface area (Å²) in [5, 5.41) is 4.78. The molecule has 3 N–H and O–H groups in total. The maximum Gasteiger partial charge on any atom is 0.250 e. The van der Waals surface area contributed by atoms with Crippen molar-refractivity contribution >= 4 is 21.2 Å². The van der Waals surface area contributed by atoms with E-state index in [4.69, 9.17) is 5.73 Å². The zero-order chi connectivity index (χ0) is 25.0. The number of nitrogens with two attached hydrogens (primary N) is 1. The fraction of sp³-hybridized carbons (Fsp3) is 0. The Balaban J connectivity index is 1.83. The van der Waals surface area contributed by atoms with Crippen LogP contribution in [0.2, 0.25) is 0 Å². The molecule has 0 radical (unpaired) electrons. The third-order valence-electron chi connectivity index (χ3n) is 6.46. The normalized spacial score (nSPS) is 13.1. The van der Waals surface area contributed by atoms with Gasteiger partial charge in [-0.1, -0.05) is 91.0 Å². The quantitative estimate of drug-likeness (QED) is 0.188. The first-order valence-electron chi connectivity index (χ1n) is 12.4. The molecule has 0 saturated heterocycles. The van der Waals surface area contributed by atoms with Crippen molar-refractivity contribution in [1.29, 1.82) is 0 Å². The first-order chi connectivity index (χ1) is 18.3. The first-order valence-corrected chi connectivity index (χ1v) is 13.6. The molecule has 0 spiro atoms. The Morgan fingerprint density at radius 3 is 1.51 bits per heavy atom. The molecule has 1 aliphatic heterocycles. The van der Waals surface area contributed by atoms with E-state index in [1.807, 2.05) is 24.4 Å². The summed E-state index contributed by atoms with van der Waals surface area (Å²) in [4.78, 5) is 2.62. The van der Waals surface area contributed by atoms with Crippen LogP contribution in [0.15, 0.2) is 146 Å². The highest BCUT2D eigenvalue weighted by Crippen LogP contribution is 2.60. The molecular formula is C34H27N2S+. The van der Waals surface area contributed by atoms with Crippen molar-refractivity contribution in [2.75, 3.05) is 5.73 Å². The molecule has 0 amide bonds. The summed E-state index contributed by atoms with van der Waals surface area (Å²) in [6, 6.07) is 40.7. The Morgan fingerprint density at radius 2 is 0.973 bits per heavy atom. The lowest BCUT2D eigenvalue weighted by molar-refractivity contribution is 1.28. The van der Waals surface area contributed by atoms with Gasteiger partial charge < -0.3 is 11.1 Å². The van der Waals surface area contributed by atoms with Crippen LogP contribution in [0.25, 0.3) is 48.2 Å². The summed E-state index contributed by atoms with van der Waals surface area (Å²) in [5.41, 5.74) is 14.3. The molecule has 1 atom stereocenters. The minimum Gasteiger partial charge on any atom is -0.399 e. The van der Waals surface area contributed by atoms with E-state index in [1.165, 1.54) is 43.1 Å². The van der Waals surface area contributed by atoms with Gasteiger partial charge in [0.1, 0.15) is 0 Å². The Labute approximate surface area is 220 Å². The van der Waals surface area contributed by atoms with Crippen LogP contribution in [0.4, 0.5) is 5.69 Å². The third-order valence-corrected chi connectivity index (χ3v) is 8.85. The highest BCUT2D eigenvalue weighted by atomic mass is 32.2. The van der Waals surface area contributed by atoms with Gasteiger partial charge in [0.2, 0.25) is 0 Å². The molecule has 0 saturated carbocycles. The van der Waals surface area contributed by atoms with Gasteiger partial charge in [0.25, 0.3) is 5.03 Å². The number of benzene rings is 4. The molecule has 6 rings (SSSR count). The van der Waals surface area contributed by atoms with E-state index >= 15 is 0 Å². The number of rotatable bonds is 5. The average Bonchev–Trinajstić information content (AvgIpc) is 3.09. The third kappa shape index (κ3) is 4.42. The van der Waals surface area contributed by atoms with Crippen LogP contribution in [0.1, 0.15) is 0 Å². The minimum absolute atomic E-state index is 0.404. The molecule has 37 heavy (non-hydrogen) atoms. The molecule has 0 aliphatic carbocycles. The van der Waals surface area contributed by atoms with Gasteiger partial charge in [-0.05, 0) is 53.6 Å². The van der Waals surface area contributed by atoms with E-state index < -0.39 is 10.5 Å². The predicted molar refractivity (Wildman–Crippen MR) is 161 cm³/mol. The molecule has 5 aromatic rings. The van der Waals surface area contributed by atoms with E-state index in [-0.39, 0.29) is 0 Å².